The SMILES string of the molecule is CCC(=CC(N)=NC#N)c1ccccc1Cl. The number of hydrogen-bond acceptors (Lipinski definition) is 2. The number of hydrogen-bond donors (Lipinski definition) is 1. The van der Waals surface area contributed by atoms with Gasteiger partial charge in [-0.25, -0.2) is 0 Å². The van der Waals surface area contributed by atoms with Crippen molar-refractivity contribution in [3.63, 3.8) is 0 Å². The van der Waals surface area contributed by atoms with Gasteiger partial charge in [0.25, 0.3) is 0 Å². The molecule has 0 atom stereocenters. The highest BCUT2D eigenvalue weighted by molar-refractivity contribution is 6.32. The Morgan fingerprint density at radius 1 is 1.56 bits per heavy atom. The van der Waals surface area contributed by atoms with Crippen molar-refractivity contribution < 1.29 is 0 Å². The lowest BCUT2D eigenvalue weighted by Crippen LogP contribution is -2.08. The molecule has 1 aromatic rings. The first-order chi connectivity index (χ1) is 7.69. The third-order valence-corrected chi connectivity index (χ3v) is 2.43. The number of aliphatic imine (C=N–C) groups is 1. The van der Waals surface area contributed by atoms with E-state index in [0.29, 0.717) is 5.02 Å². The molecule has 1 rings (SSSR count). The van der Waals surface area contributed by atoms with Crippen LogP contribution in [0.1, 0.15) is 18.9 Å². The molecule has 0 aliphatic carbocycles. The number of nitriles is 1. The van der Waals surface area contributed by atoms with Crippen molar-refractivity contribution in [2.45, 2.75) is 13.3 Å². The summed E-state index contributed by atoms with van der Waals surface area (Å²) in [5.74, 6) is 0.194. The molecular weight excluding hydrogens is 222 g/mol. The van der Waals surface area contributed by atoms with Gasteiger partial charge in [-0.1, -0.05) is 36.7 Å². The molecule has 0 saturated carbocycles. The van der Waals surface area contributed by atoms with Crippen molar-refractivity contribution in [1.29, 1.82) is 5.26 Å². The average Bonchev–Trinajstić information content (AvgIpc) is 2.27. The molecule has 4 heteroatoms. The topological polar surface area (TPSA) is 62.2 Å². The molecule has 0 aliphatic heterocycles. The van der Waals surface area contributed by atoms with Gasteiger partial charge < -0.3 is 5.73 Å². The summed E-state index contributed by atoms with van der Waals surface area (Å²) in [6.45, 7) is 1.99. The zero-order chi connectivity index (χ0) is 12.0. The lowest BCUT2D eigenvalue weighted by atomic mass is 10.0. The Balaban J connectivity index is 3.14. The van der Waals surface area contributed by atoms with Crippen LogP contribution >= 0.6 is 11.6 Å². The predicted octanol–water partition coefficient (Wildman–Crippen LogP) is 2.97. The molecular formula is C12H12ClN3. The smallest absolute Gasteiger partial charge is 0.207 e. The molecule has 0 fully saturated rings. The molecule has 0 heterocycles. The number of amidine groups is 1. The van der Waals surface area contributed by atoms with Crippen LogP contribution in [0.5, 0.6) is 0 Å². The van der Waals surface area contributed by atoms with Gasteiger partial charge in [-0.2, -0.15) is 10.3 Å². The predicted molar refractivity (Wildman–Crippen MR) is 67.0 cm³/mol. The van der Waals surface area contributed by atoms with Gasteiger partial charge in [-0.15, -0.1) is 0 Å². The summed E-state index contributed by atoms with van der Waals surface area (Å²) < 4.78 is 0. The summed E-state index contributed by atoms with van der Waals surface area (Å²) in [6.07, 6.45) is 4.09. The van der Waals surface area contributed by atoms with E-state index in [2.05, 4.69) is 4.99 Å². The quantitative estimate of drug-likeness (QED) is 0.496. The molecule has 0 aliphatic rings. The van der Waals surface area contributed by atoms with E-state index < -0.39 is 0 Å². The maximum Gasteiger partial charge on any atom is 0.207 e. The molecule has 0 bridgehead atoms. The molecule has 0 unspecified atom stereocenters. The van der Waals surface area contributed by atoms with Crippen molar-refractivity contribution in [3.05, 3.63) is 40.9 Å². The van der Waals surface area contributed by atoms with Crippen LogP contribution in [-0.4, -0.2) is 5.84 Å². The summed E-state index contributed by atoms with van der Waals surface area (Å²) in [5, 5.41) is 9.04. The van der Waals surface area contributed by atoms with E-state index in [0.717, 1.165) is 17.6 Å². The van der Waals surface area contributed by atoms with Crippen LogP contribution in [0.15, 0.2) is 35.3 Å². The van der Waals surface area contributed by atoms with E-state index >= 15 is 0 Å². The Kier molecular flexibility index (Phi) is 4.56. The molecule has 2 N–H and O–H groups in total. The highest BCUT2D eigenvalue weighted by atomic mass is 35.5. The van der Waals surface area contributed by atoms with Crippen LogP contribution in [0, 0.1) is 11.5 Å². The standard InChI is InChI=1S/C12H12ClN3/c1-2-9(7-12(15)16-8-14)10-5-3-4-6-11(10)13/h3-7H,2H2,1H3,(H2,15,16). The third kappa shape index (κ3) is 3.11. The molecule has 0 saturated heterocycles. The molecule has 0 radical (unpaired) electrons. The van der Waals surface area contributed by atoms with E-state index in [1.165, 1.54) is 0 Å². The van der Waals surface area contributed by atoms with Gasteiger partial charge >= 0.3 is 0 Å². The number of rotatable bonds is 3. The lowest BCUT2D eigenvalue weighted by Gasteiger charge is -2.06. The minimum Gasteiger partial charge on any atom is -0.383 e. The van der Waals surface area contributed by atoms with Crippen LogP contribution in [0.3, 0.4) is 0 Å². The van der Waals surface area contributed by atoms with Gasteiger partial charge in [-0.3, -0.25) is 0 Å². The van der Waals surface area contributed by atoms with Gasteiger partial charge in [0.1, 0.15) is 5.84 Å². The molecule has 82 valence electrons. The fourth-order valence-electron chi connectivity index (χ4n) is 1.36. The van der Waals surface area contributed by atoms with Gasteiger partial charge in [-0.05, 0) is 29.7 Å². The molecule has 0 amide bonds. The van der Waals surface area contributed by atoms with Gasteiger partial charge in [0.05, 0.1) is 0 Å². The zero-order valence-corrected chi connectivity index (χ0v) is 9.70. The minimum absolute atomic E-state index is 0.194. The highest BCUT2D eigenvalue weighted by Crippen LogP contribution is 2.25. The molecule has 1 aromatic carbocycles. The molecule has 16 heavy (non-hydrogen) atoms. The van der Waals surface area contributed by atoms with Crippen LogP contribution in [0.4, 0.5) is 0 Å². The fraction of sp³-hybridized carbons (Fsp3) is 0.167. The number of allylic oxidation sites excluding steroid dienone is 1. The molecule has 0 aromatic heterocycles. The highest BCUT2D eigenvalue weighted by Gasteiger charge is 2.04. The Bertz CT molecular complexity index is 469. The second kappa shape index (κ2) is 5.94. The maximum atomic E-state index is 8.37. The number of nitrogens with two attached hydrogens (primary N) is 1. The number of halogens is 1. The largest absolute Gasteiger partial charge is 0.383 e. The Morgan fingerprint density at radius 2 is 2.25 bits per heavy atom. The van der Waals surface area contributed by atoms with E-state index in [9.17, 15) is 0 Å². The Hall–Kier alpha value is -1.79. The Morgan fingerprint density at radius 3 is 2.81 bits per heavy atom. The van der Waals surface area contributed by atoms with Crippen LogP contribution in [-0.2, 0) is 0 Å². The summed E-state index contributed by atoms with van der Waals surface area (Å²) in [4.78, 5) is 3.45. The third-order valence-electron chi connectivity index (χ3n) is 2.10. The first kappa shape index (κ1) is 12.3. The maximum absolute atomic E-state index is 8.37. The van der Waals surface area contributed by atoms with E-state index in [-0.39, 0.29) is 5.84 Å². The first-order valence-corrected chi connectivity index (χ1v) is 5.24. The zero-order valence-electron chi connectivity index (χ0n) is 8.94. The second-order valence-corrected chi connectivity index (χ2v) is 3.55. The fourth-order valence-corrected chi connectivity index (χ4v) is 1.62. The monoisotopic (exact) mass is 233 g/mol. The number of nitrogens with zero attached hydrogens (tertiary/aromatic N) is 2. The van der Waals surface area contributed by atoms with E-state index in [1.54, 1.807) is 12.3 Å². The van der Waals surface area contributed by atoms with Crippen LogP contribution in [0.25, 0.3) is 5.57 Å². The van der Waals surface area contributed by atoms with Gasteiger partial charge in [0.2, 0.25) is 6.19 Å². The van der Waals surface area contributed by atoms with Gasteiger partial charge in [0, 0.05) is 5.02 Å². The Labute approximate surface area is 99.9 Å². The van der Waals surface area contributed by atoms with Crippen molar-refractivity contribution in [3.8, 4) is 6.19 Å². The summed E-state index contributed by atoms with van der Waals surface area (Å²) in [5.41, 5.74) is 7.44. The minimum atomic E-state index is 0.194. The van der Waals surface area contributed by atoms with E-state index in [4.69, 9.17) is 22.6 Å². The van der Waals surface area contributed by atoms with Gasteiger partial charge in [0.15, 0.2) is 0 Å². The average molecular weight is 234 g/mol. The molecule has 0 spiro atoms. The summed E-state index contributed by atoms with van der Waals surface area (Å²) >= 11 is 6.07. The van der Waals surface area contributed by atoms with Crippen molar-refractivity contribution in [1.82, 2.24) is 0 Å². The summed E-state index contributed by atoms with van der Waals surface area (Å²) in [7, 11) is 0. The molecule has 3 nitrogen and oxygen atoms in total. The normalized spacial score (nSPS) is 12.3. The number of benzene rings is 1. The van der Waals surface area contributed by atoms with Crippen LogP contribution in [0.2, 0.25) is 5.02 Å². The van der Waals surface area contributed by atoms with Crippen molar-refractivity contribution >= 4 is 23.0 Å². The van der Waals surface area contributed by atoms with Crippen molar-refractivity contribution in [2.75, 3.05) is 0 Å². The first-order valence-electron chi connectivity index (χ1n) is 4.86. The van der Waals surface area contributed by atoms with E-state index in [1.807, 2.05) is 31.2 Å². The lowest BCUT2D eigenvalue weighted by molar-refractivity contribution is 1.24. The summed E-state index contributed by atoms with van der Waals surface area (Å²) in [6, 6.07) is 7.50. The second-order valence-electron chi connectivity index (χ2n) is 3.14. The van der Waals surface area contributed by atoms with Crippen molar-refractivity contribution in [2.24, 2.45) is 10.7 Å². The van der Waals surface area contributed by atoms with Crippen LogP contribution < -0.4 is 5.73 Å².